The zero-order valence-corrected chi connectivity index (χ0v) is 13.6. The van der Waals surface area contributed by atoms with E-state index in [1.807, 2.05) is 30.3 Å². The molecule has 0 fully saturated rings. The number of carbonyl (C=O) groups is 1. The molecule has 1 amide bonds. The van der Waals surface area contributed by atoms with E-state index < -0.39 is 0 Å². The van der Waals surface area contributed by atoms with Crippen molar-refractivity contribution in [2.45, 2.75) is 26.2 Å². The number of nitriles is 1. The minimum atomic E-state index is -0.238. The number of anilines is 1. The van der Waals surface area contributed by atoms with E-state index in [2.05, 4.69) is 26.1 Å². The molecule has 0 bridgehead atoms. The van der Waals surface area contributed by atoms with Crippen LogP contribution in [-0.2, 0) is 10.2 Å². The van der Waals surface area contributed by atoms with E-state index in [1.165, 1.54) is 0 Å². The molecular weight excluding hydrogens is 288 g/mol. The highest BCUT2D eigenvalue weighted by Gasteiger charge is 2.18. The second-order valence-corrected chi connectivity index (χ2v) is 6.27. The molecule has 0 saturated carbocycles. The number of nitrogens with zero attached hydrogens (tertiary/aromatic N) is 1. The lowest BCUT2D eigenvalue weighted by Gasteiger charge is -2.22. The molecule has 0 radical (unpaired) electrons. The van der Waals surface area contributed by atoms with Crippen molar-refractivity contribution in [2.75, 3.05) is 11.9 Å². The number of benzene rings is 2. The zero-order chi connectivity index (χ0) is 16.9. The maximum Gasteiger partial charge on any atom is 0.262 e. The Labute approximate surface area is 136 Å². The Hall–Kier alpha value is -2.80. The molecule has 2 aromatic carbocycles. The number of nitrogens with one attached hydrogen (secondary N) is 1. The minimum Gasteiger partial charge on any atom is -0.483 e. The number of carbonyl (C=O) groups excluding carboxylic acids is 1. The third-order valence-electron chi connectivity index (χ3n) is 3.35. The predicted octanol–water partition coefficient (Wildman–Crippen LogP) is 3.87. The molecule has 0 aliphatic carbocycles. The molecule has 0 aliphatic rings. The topological polar surface area (TPSA) is 62.1 Å². The maximum atomic E-state index is 12.0. The highest BCUT2D eigenvalue weighted by Crippen LogP contribution is 2.30. The van der Waals surface area contributed by atoms with E-state index >= 15 is 0 Å². The van der Waals surface area contributed by atoms with Crippen LogP contribution in [0.2, 0.25) is 0 Å². The molecule has 0 unspecified atom stereocenters. The van der Waals surface area contributed by atoms with Crippen LogP contribution in [0.15, 0.2) is 48.5 Å². The van der Waals surface area contributed by atoms with Gasteiger partial charge in [-0.15, -0.1) is 0 Å². The summed E-state index contributed by atoms with van der Waals surface area (Å²) in [5, 5.41) is 11.5. The molecule has 0 aromatic heterocycles. The summed E-state index contributed by atoms with van der Waals surface area (Å²) in [7, 11) is 0. The molecule has 0 atom stereocenters. The lowest BCUT2D eigenvalue weighted by Crippen LogP contribution is -2.21. The van der Waals surface area contributed by atoms with Crippen molar-refractivity contribution in [3.8, 4) is 11.8 Å². The second-order valence-electron chi connectivity index (χ2n) is 6.27. The van der Waals surface area contributed by atoms with Crippen molar-refractivity contribution in [1.29, 1.82) is 5.26 Å². The van der Waals surface area contributed by atoms with Crippen molar-refractivity contribution in [2.24, 2.45) is 0 Å². The van der Waals surface area contributed by atoms with Gasteiger partial charge in [-0.1, -0.05) is 39.0 Å². The Balaban J connectivity index is 1.98. The van der Waals surface area contributed by atoms with E-state index in [1.54, 1.807) is 24.3 Å². The van der Waals surface area contributed by atoms with Gasteiger partial charge in [-0.3, -0.25) is 4.79 Å². The van der Waals surface area contributed by atoms with Gasteiger partial charge in [0, 0.05) is 5.69 Å². The molecule has 4 heteroatoms. The molecule has 0 heterocycles. The fourth-order valence-corrected chi connectivity index (χ4v) is 2.18. The van der Waals surface area contributed by atoms with Gasteiger partial charge in [0.25, 0.3) is 5.91 Å². The molecular formula is C19H20N2O2. The summed E-state index contributed by atoms with van der Waals surface area (Å²) in [4.78, 5) is 12.0. The highest BCUT2D eigenvalue weighted by atomic mass is 16.5. The molecule has 0 saturated heterocycles. The normalized spacial score (nSPS) is 10.7. The van der Waals surface area contributed by atoms with Crippen molar-refractivity contribution >= 4 is 11.6 Å². The van der Waals surface area contributed by atoms with E-state index in [0.29, 0.717) is 11.3 Å². The number of hydrogen-bond acceptors (Lipinski definition) is 3. The summed E-state index contributed by atoms with van der Waals surface area (Å²) in [6.45, 7) is 6.25. The summed E-state index contributed by atoms with van der Waals surface area (Å²) in [5.74, 6) is 0.480. The van der Waals surface area contributed by atoms with Gasteiger partial charge in [-0.25, -0.2) is 0 Å². The van der Waals surface area contributed by atoms with E-state index in [4.69, 9.17) is 10.00 Å². The van der Waals surface area contributed by atoms with Gasteiger partial charge in [0.15, 0.2) is 6.61 Å². The lowest BCUT2D eigenvalue weighted by molar-refractivity contribution is -0.118. The Morgan fingerprint density at radius 3 is 2.39 bits per heavy atom. The number of hydrogen-bond donors (Lipinski definition) is 1. The molecule has 4 nitrogen and oxygen atoms in total. The average Bonchev–Trinajstić information content (AvgIpc) is 2.53. The van der Waals surface area contributed by atoms with Crippen molar-refractivity contribution in [1.82, 2.24) is 0 Å². The Bertz CT molecular complexity index is 722. The van der Waals surface area contributed by atoms with E-state index in [-0.39, 0.29) is 17.9 Å². The molecule has 23 heavy (non-hydrogen) atoms. The average molecular weight is 308 g/mol. The maximum absolute atomic E-state index is 12.0. The monoisotopic (exact) mass is 308 g/mol. The Morgan fingerprint density at radius 1 is 1.13 bits per heavy atom. The van der Waals surface area contributed by atoms with Gasteiger partial charge in [-0.2, -0.15) is 5.26 Å². The molecule has 118 valence electrons. The number of ether oxygens (including phenoxy) is 1. The molecule has 2 rings (SSSR count). The van der Waals surface area contributed by atoms with Crippen LogP contribution >= 0.6 is 0 Å². The van der Waals surface area contributed by atoms with E-state index in [9.17, 15) is 4.79 Å². The Morgan fingerprint density at radius 2 is 1.78 bits per heavy atom. The molecule has 0 spiro atoms. The number of rotatable bonds is 4. The summed E-state index contributed by atoms with van der Waals surface area (Å²) in [5.41, 5.74) is 2.20. The molecule has 1 N–H and O–H groups in total. The lowest BCUT2D eigenvalue weighted by atomic mass is 9.86. The number of amides is 1. The quantitative estimate of drug-likeness (QED) is 0.932. The fourth-order valence-electron chi connectivity index (χ4n) is 2.18. The second kappa shape index (κ2) is 6.97. The van der Waals surface area contributed by atoms with E-state index in [0.717, 1.165) is 11.3 Å². The van der Waals surface area contributed by atoms with Gasteiger partial charge in [0.05, 0.1) is 11.6 Å². The van der Waals surface area contributed by atoms with Crippen molar-refractivity contribution in [3.05, 3.63) is 59.7 Å². The largest absolute Gasteiger partial charge is 0.483 e. The van der Waals surface area contributed by atoms with Gasteiger partial charge in [0.1, 0.15) is 5.75 Å². The summed E-state index contributed by atoms with van der Waals surface area (Å²) < 4.78 is 5.68. The van der Waals surface area contributed by atoms with Crippen LogP contribution in [0.5, 0.6) is 5.75 Å². The first-order chi connectivity index (χ1) is 10.9. The minimum absolute atomic E-state index is 0.0554. The van der Waals surface area contributed by atoms with Gasteiger partial charge < -0.3 is 10.1 Å². The fraction of sp³-hybridized carbons (Fsp3) is 0.263. The molecule has 2 aromatic rings. The standard InChI is InChI=1S/C19H20N2O2/c1-19(2,3)16-6-4-5-7-17(16)23-13-18(22)21-15-10-8-14(12-20)9-11-15/h4-11H,13H2,1-3H3,(H,21,22). The Kier molecular flexibility index (Phi) is 5.02. The summed E-state index contributed by atoms with van der Waals surface area (Å²) in [6, 6.07) is 16.5. The first-order valence-corrected chi connectivity index (χ1v) is 7.42. The highest BCUT2D eigenvalue weighted by molar-refractivity contribution is 5.91. The van der Waals surface area contributed by atoms with Crippen LogP contribution in [0.1, 0.15) is 31.9 Å². The van der Waals surface area contributed by atoms with Gasteiger partial charge in [0.2, 0.25) is 0 Å². The summed E-state index contributed by atoms with van der Waals surface area (Å²) in [6.07, 6.45) is 0. The van der Waals surface area contributed by atoms with Gasteiger partial charge >= 0.3 is 0 Å². The summed E-state index contributed by atoms with van der Waals surface area (Å²) >= 11 is 0. The van der Waals surface area contributed by atoms with Crippen LogP contribution in [0, 0.1) is 11.3 Å². The van der Waals surface area contributed by atoms with Crippen LogP contribution < -0.4 is 10.1 Å². The first-order valence-electron chi connectivity index (χ1n) is 7.42. The smallest absolute Gasteiger partial charge is 0.262 e. The van der Waals surface area contributed by atoms with Crippen LogP contribution in [0.4, 0.5) is 5.69 Å². The van der Waals surface area contributed by atoms with Gasteiger partial charge in [-0.05, 0) is 41.3 Å². The van der Waals surface area contributed by atoms with Crippen molar-refractivity contribution in [3.63, 3.8) is 0 Å². The third-order valence-corrected chi connectivity index (χ3v) is 3.35. The number of para-hydroxylation sites is 1. The van der Waals surface area contributed by atoms with Crippen LogP contribution in [0.25, 0.3) is 0 Å². The van der Waals surface area contributed by atoms with Crippen LogP contribution in [0.3, 0.4) is 0 Å². The first kappa shape index (κ1) is 16.6. The van der Waals surface area contributed by atoms with Crippen molar-refractivity contribution < 1.29 is 9.53 Å². The third kappa shape index (κ3) is 4.58. The van der Waals surface area contributed by atoms with Crippen LogP contribution in [-0.4, -0.2) is 12.5 Å². The molecule has 0 aliphatic heterocycles. The SMILES string of the molecule is CC(C)(C)c1ccccc1OCC(=O)Nc1ccc(C#N)cc1. The zero-order valence-electron chi connectivity index (χ0n) is 13.6. The predicted molar refractivity (Wildman–Crippen MR) is 90.4 cm³/mol.